The van der Waals surface area contributed by atoms with Crippen LogP contribution in [0.2, 0.25) is 5.02 Å². The molecule has 1 N–H and O–H groups in total. The van der Waals surface area contributed by atoms with Gasteiger partial charge in [0.2, 0.25) is 0 Å². The van der Waals surface area contributed by atoms with Gasteiger partial charge in [0.1, 0.15) is 17.9 Å². The number of piperidine rings is 1. The summed E-state index contributed by atoms with van der Waals surface area (Å²) in [7, 11) is 1.61. The van der Waals surface area contributed by atoms with Crippen molar-refractivity contribution in [2.75, 3.05) is 19.0 Å². The predicted molar refractivity (Wildman–Crippen MR) is 147 cm³/mol. The SMILES string of the molecule is CCC(=O)[C@@H]1CCCCN1C1CCC(Oc2cc3c(Nc4cccc(Cl)c4F)ncnc3cc2OC)CC1. The van der Waals surface area contributed by atoms with E-state index in [4.69, 9.17) is 21.1 Å². The van der Waals surface area contributed by atoms with E-state index in [1.165, 1.54) is 12.4 Å². The molecule has 1 atom stereocenters. The Labute approximate surface area is 227 Å². The van der Waals surface area contributed by atoms with Gasteiger partial charge < -0.3 is 14.8 Å². The third kappa shape index (κ3) is 5.57. The first-order valence-corrected chi connectivity index (χ1v) is 13.8. The summed E-state index contributed by atoms with van der Waals surface area (Å²) in [4.78, 5) is 23.7. The van der Waals surface area contributed by atoms with Crippen molar-refractivity contribution in [3.8, 4) is 11.5 Å². The van der Waals surface area contributed by atoms with Gasteiger partial charge in [-0.05, 0) is 63.3 Å². The van der Waals surface area contributed by atoms with E-state index in [0.717, 1.165) is 51.5 Å². The lowest BCUT2D eigenvalue weighted by molar-refractivity contribution is -0.126. The van der Waals surface area contributed by atoms with Gasteiger partial charge in [-0.25, -0.2) is 14.4 Å². The maximum Gasteiger partial charge on any atom is 0.165 e. The summed E-state index contributed by atoms with van der Waals surface area (Å²) in [5, 5.41) is 3.76. The molecule has 38 heavy (non-hydrogen) atoms. The van der Waals surface area contributed by atoms with E-state index >= 15 is 0 Å². The molecule has 7 nitrogen and oxygen atoms in total. The highest BCUT2D eigenvalue weighted by atomic mass is 35.5. The molecule has 1 aliphatic heterocycles. The summed E-state index contributed by atoms with van der Waals surface area (Å²) in [6.45, 7) is 2.97. The van der Waals surface area contributed by atoms with Crippen molar-refractivity contribution in [3.05, 3.63) is 47.5 Å². The molecule has 2 aliphatic rings. The van der Waals surface area contributed by atoms with Crippen LogP contribution in [0.25, 0.3) is 10.9 Å². The molecule has 2 aromatic carbocycles. The summed E-state index contributed by atoms with van der Waals surface area (Å²) in [5.41, 5.74) is 0.876. The molecule has 1 saturated carbocycles. The molecule has 1 saturated heterocycles. The highest BCUT2D eigenvalue weighted by Gasteiger charge is 2.35. The maximum absolute atomic E-state index is 14.5. The lowest BCUT2D eigenvalue weighted by Gasteiger charge is -2.43. The largest absolute Gasteiger partial charge is 0.493 e. The van der Waals surface area contributed by atoms with Gasteiger partial charge in [-0.3, -0.25) is 9.69 Å². The fourth-order valence-electron chi connectivity index (χ4n) is 5.79. The zero-order valence-corrected chi connectivity index (χ0v) is 22.6. The van der Waals surface area contributed by atoms with Crippen molar-refractivity contribution in [1.29, 1.82) is 0 Å². The Morgan fingerprint density at radius 3 is 2.71 bits per heavy atom. The van der Waals surface area contributed by atoms with Crippen molar-refractivity contribution < 1.29 is 18.7 Å². The van der Waals surface area contributed by atoms with E-state index in [1.54, 1.807) is 19.2 Å². The van der Waals surface area contributed by atoms with Gasteiger partial charge in [0.25, 0.3) is 0 Å². The number of nitrogens with zero attached hydrogens (tertiary/aromatic N) is 3. The first-order valence-electron chi connectivity index (χ1n) is 13.5. The first kappa shape index (κ1) is 26.6. The number of fused-ring (bicyclic) bond motifs is 1. The smallest absolute Gasteiger partial charge is 0.165 e. The fourth-order valence-corrected chi connectivity index (χ4v) is 5.96. The van der Waals surface area contributed by atoms with Gasteiger partial charge in [0.15, 0.2) is 17.3 Å². The minimum atomic E-state index is -0.542. The molecule has 5 rings (SSSR count). The molecule has 3 aromatic rings. The first-order chi connectivity index (χ1) is 18.5. The molecular weight excluding hydrogens is 507 g/mol. The number of rotatable bonds is 8. The quantitative estimate of drug-likeness (QED) is 0.341. The standard InChI is InChI=1S/C29H34ClFN4O3/c1-3-25(36)24-9-4-5-14-35(24)18-10-12-19(13-11-18)38-27-15-20-23(16-26(27)37-2)32-17-33-29(20)34-22-8-6-7-21(30)28(22)31/h6-8,15-19,24H,3-5,9-14H2,1-2H3,(H,32,33,34)/t18?,19?,24-/m0/s1. The third-order valence-electron chi connectivity index (χ3n) is 7.80. The number of ketones is 1. The van der Waals surface area contributed by atoms with Crippen molar-refractivity contribution >= 4 is 39.8 Å². The van der Waals surface area contributed by atoms with Crippen molar-refractivity contribution in [2.45, 2.75) is 76.5 Å². The number of hydrogen-bond acceptors (Lipinski definition) is 7. The summed E-state index contributed by atoms with van der Waals surface area (Å²) in [6.07, 6.45) is 9.14. The Morgan fingerprint density at radius 2 is 1.95 bits per heavy atom. The van der Waals surface area contributed by atoms with Gasteiger partial charge in [-0.2, -0.15) is 0 Å². The number of methoxy groups -OCH3 is 1. The predicted octanol–water partition coefficient (Wildman–Crippen LogP) is 6.70. The van der Waals surface area contributed by atoms with Crippen molar-refractivity contribution in [2.24, 2.45) is 0 Å². The maximum atomic E-state index is 14.5. The molecule has 1 aromatic heterocycles. The van der Waals surface area contributed by atoms with E-state index in [9.17, 15) is 9.18 Å². The number of ether oxygens (including phenoxy) is 2. The van der Waals surface area contributed by atoms with Crippen LogP contribution in [0.4, 0.5) is 15.9 Å². The Kier molecular flexibility index (Phi) is 8.29. The Hall–Kier alpha value is -2.97. The monoisotopic (exact) mass is 540 g/mol. The molecule has 2 fully saturated rings. The second-order valence-electron chi connectivity index (χ2n) is 10.1. The molecular formula is C29H34ClFN4O3. The molecule has 202 valence electrons. The van der Waals surface area contributed by atoms with Crippen molar-refractivity contribution in [1.82, 2.24) is 14.9 Å². The Balaban J connectivity index is 1.33. The van der Waals surface area contributed by atoms with Crippen LogP contribution < -0.4 is 14.8 Å². The Bertz CT molecular complexity index is 1300. The van der Waals surface area contributed by atoms with E-state index in [2.05, 4.69) is 20.2 Å². The third-order valence-corrected chi connectivity index (χ3v) is 8.09. The van der Waals surface area contributed by atoms with Crippen LogP contribution in [-0.2, 0) is 4.79 Å². The number of Topliss-reactive ketones (excluding diaryl/α,β-unsaturated/α-hetero) is 1. The molecule has 9 heteroatoms. The van der Waals surface area contributed by atoms with E-state index in [0.29, 0.717) is 46.5 Å². The van der Waals surface area contributed by atoms with Crippen LogP contribution in [0.1, 0.15) is 58.3 Å². The van der Waals surface area contributed by atoms with Gasteiger partial charge in [-0.15, -0.1) is 0 Å². The lowest BCUT2D eigenvalue weighted by Crippen LogP contribution is -2.51. The number of benzene rings is 2. The minimum Gasteiger partial charge on any atom is -0.493 e. The molecule has 0 spiro atoms. The molecule has 0 radical (unpaired) electrons. The van der Waals surface area contributed by atoms with Crippen LogP contribution in [0, 0.1) is 5.82 Å². The second-order valence-corrected chi connectivity index (χ2v) is 10.5. The number of aromatic nitrogens is 2. The normalized spacial score (nSPS) is 22.3. The summed E-state index contributed by atoms with van der Waals surface area (Å²) >= 11 is 5.96. The average molecular weight is 541 g/mol. The molecule has 0 unspecified atom stereocenters. The van der Waals surface area contributed by atoms with E-state index < -0.39 is 5.82 Å². The van der Waals surface area contributed by atoms with Gasteiger partial charge in [0.05, 0.1) is 35.5 Å². The number of halogens is 2. The average Bonchev–Trinajstić information content (AvgIpc) is 2.95. The molecule has 1 aliphatic carbocycles. The zero-order chi connectivity index (χ0) is 26.6. The number of carbonyl (C=O) groups excluding carboxylic acids is 1. The number of anilines is 2. The molecule has 0 amide bonds. The fraction of sp³-hybridized carbons (Fsp3) is 0.483. The molecule has 0 bridgehead atoms. The molecule has 2 heterocycles. The highest BCUT2D eigenvalue weighted by molar-refractivity contribution is 6.31. The van der Waals surface area contributed by atoms with Gasteiger partial charge in [-0.1, -0.05) is 31.0 Å². The van der Waals surface area contributed by atoms with Crippen LogP contribution in [-0.4, -0.2) is 52.5 Å². The van der Waals surface area contributed by atoms with Gasteiger partial charge in [0, 0.05) is 23.9 Å². The van der Waals surface area contributed by atoms with Crippen LogP contribution in [0.5, 0.6) is 11.5 Å². The number of likely N-dealkylation sites (tertiary alicyclic amines) is 1. The number of nitrogens with one attached hydrogen (secondary N) is 1. The topological polar surface area (TPSA) is 76.6 Å². The van der Waals surface area contributed by atoms with E-state index in [-0.39, 0.29) is 22.9 Å². The van der Waals surface area contributed by atoms with Crippen LogP contribution >= 0.6 is 11.6 Å². The highest BCUT2D eigenvalue weighted by Crippen LogP contribution is 2.38. The van der Waals surface area contributed by atoms with Crippen molar-refractivity contribution in [3.63, 3.8) is 0 Å². The second kappa shape index (κ2) is 11.8. The van der Waals surface area contributed by atoms with Gasteiger partial charge >= 0.3 is 0 Å². The summed E-state index contributed by atoms with van der Waals surface area (Å²) < 4.78 is 26.6. The zero-order valence-electron chi connectivity index (χ0n) is 21.9. The number of carbonyl (C=O) groups is 1. The minimum absolute atomic E-state index is 0.0320. The van der Waals surface area contributed by atoms with Crippen LogP contribution in [0.15, 0.2) is 36.7 Å². The summed E-state index contributed by atoms with van der Waals surface area (Å²) in [5.74, 6) is 1.46. The number of hydrogen-bond donors (Lipinski definition) is 1. The van der Waals surface area contributed by atoms with E-state index in [1.807, 2.05) is 19.1 Å². The van der Waals surface area contributed by atoms with Crippen LogP contribution in [0.3, 0.4) is 0 Å². The lowest BCUT2D eigenvalue weighted by atomic mass is 9.87. The summed E-state index contributed by atoms with van der Waals surface area (Å²) in [6, 6.07) is 8.94. The Morgan fingerprint density at radius 1 is 1.13 bits per heavy atom.